The van der Waals surface area contributed by atoms with E-state index < -0.39 is 0 Å². The van der Waals surface area contributed by atoms with E-state index in [0.717, 1.165) is 12.8 Å². The van der Waals surface area contributed by atoms with Gasteiger partial charge in [0.15, 0.2) is 0 Å². The van der Waals surface area contributed by atoms with Crippen molar-refractivity contribution in [3.8, 4) is 6.07 Å². The Morgan fingerprint density at radius 1 is 1.28 bits per heavy atom. The van der Waals surface area contributed by atoms with Crippen LogP contribution in [0.25, 0.3) is 0 Å². The highest BCUT2D eigenvalue weighted by Crippen LogP contribution is 2.27. The van der Waals surface area contributed by atoms with E-state index in [1.807, 2.05) is 0 Å². The molecule has 18 heavy (non-hydrogen) atoms. The van der Waals surface area contributed by atoms with Crippen molar-refractivity contribution >= 4 is 0 Å². The fourth-order valence-corrected chi connectivity index (χ4v) is 2.97. The molecule has 0 aromatic heterocycles. The molecule has 0 spiro atoms. The van der Waals surface area contributed by atoms with Crippen molar-refractivity contribution in [3.05, 3.63) is 35.4 Å². The number of nitrogens with zero attached hydrogens (tertiary/aromatic N) is 1. The molecule has 0 amide bonds. The third-order valence-electron chi connectivity index (χ3n) is 4.05. The van der Waals surface area contributed by atoms with Crippen LogP contribution in [0, 0.1) is 24.2 Å². The zero-order valence-corrected chi connectivity index (χ0v) is 11.3. The highest BCUT2D eigenvalue weighted by Gasteiger charge is 2.26. The van der Waals surface area contributed by atoms with Gasteiger partial charge in [-0.25, -0.2) is 0 Å². The summed E-state index contributed by atoms with van der Waals surface area (Å²) in [5.74, 6) is 0.185. The maximum atomic E-state index is 9.21. The van der Waals surface area contributed by atoms with Gasteiger partial charge in [0.2, 0.25) is 0 Å². The minimum absolute atomic E-state index is 0.185. The zero-order valence-electron chi connectivity index (χ0n) is 11.3. The summed E-state index contributed by atoms with van der Waals surface area (Å²) < 4.78 is 0. The predicted molar refractivity (Wildman–Crippen MR) is 74.1 cm³/mol. The number of nitrogens with one attached hydrogen (secondary N) is 1. The van der Waals surface area contributed by atoms with E-state index in [-0.39, 0.29) is 5.92 Å². The van der Waals surface area contributed by atoms with E-state index >= 15 is 0 Å². The highest BCUT2D eigenvalue weighted by atomic mass is 15.0. The molecule has 2 unspecified atom stereocenters. The second-order valence-electron chi connectivity index (χ2n) is 5.37. The molecule has 1 N–H and O–H groups in total. The molecule has 96 valence electrons. The molecule has 3 atom stereocenters. The normalized spacial score (nSPS) is 25.4. The first kappa shape index (κ1) is 13.1. The van der Waals surface area contributed by atoms with Crippen LogP contribution in [0.4, 0.5) is 0 Å². The van der Waals surface area contributed by atoms with Gasteiger partial charge in [-0.2, -0.15) is 5.26 Å². The Morgan fingerprint density at radius 2 is 2.00 bits per heavy atom. The van der Waals surface area contributed by atoms with E-state index in [9.17, 15) is 5.26 Å². The molecule has 1 saturated carbocycles. The van der Waals surface area contributed by atoms with Crippen molar-refractivity contribution in [1.29, 1.82) is 5.26 Å². The van der Waals surface area contributed by atoms with Crippen molar-refractivity contribution < 1.29 is 0 Å². The summed E-state index contributed by atoms with van der Waals surface area (Å²) in [4.78, 5) is 0. The fraction of sp³-hybridized carbons (Fsp3) is 0.562. The highest BCUT2D eigenvalue weighted by molar-refractivity contribution is 5.28. The van der Waals surface area contributed by atoms with Gasteiger partial charge in [-0.15, -0.1) is 0 Å². The standard InChI is InChI=1S/C16H22N2/c1-12-7-3-5-9-15(12)13(2)18-16-10-6-4-8-14(16)11-17/h3,5,7,9,13-14,16,18H,4,6,8,10H2,1-2H3/t13-,14?,16?/m0/s1. The number of hydrogen-bond donors (Lipinski definition) is 1. The summed E-state index contributed by atoms with van der Waals surface area (Å²) in [7, 11) is 0. The van der Waals surface area contributed by atoms with E-state index in [1.165, 1.54) is 24.0 Å². The van der Waals surface area contributed by atoms with Crippen LogP contribution in [0.5, 0.6) is 0 Å². The van der Waals surface area contributed by atoms with Crippen molar-refractivity contribution in [1.82, 2.24) is 5.32 Å². The van der Waals surface area contributed by atoms with Gasteiger partial charge in [0.25, 0.3) is 0 Å². The van der Waals surface area contributed by atoms with Gasteiger partial charge in [0.05, 0.1) is 12.0 Å². The molecule has 1 aromatic carbocycles. The van der Waals surface area contributed by atoms with Gasteiger partial charge < -0.3 is 5.32 Å². The van der Waals surface area contributed by atoms with E-state index in [0.29, 0.717) is 12.1 Å². The molecule has 0 heterocycles. The number of aryl methyl sites for hydroxylation is 1. The summed E-state index contributed by atoms with van der Waals surface area (Å²) >= 11 is 0. The van der Waals surface area contributed by atoms with Gasteiger partial charge in [0.1, 0.15) is 0 Å². The smallest absolute Gasteiger partial charge is 0.0672 e. The number of rotatable bonds is 3. The van der Waals surface area contributed by atoms with Gasteiger partial charge >= 0.3 is 0 Å². The molecule has 0 bridgehead atoms. The van der Waals surface area contributed by atoms with Crippen LogP contribution in [0.3, 0.4) is 0 Å². The summed E-state index contributed by atoms with van der Waals surface area (Å²) in [6.45, 7) is 4.35. The third kappa shape index (κ3) is 2.91. The van der Waals surface area contributed by atoms with Crippen molar-refractivity contribution in [3.63, 3.8) is 0 Å². The quantitative estimate of drug-likeness (QED) is 0.876. The van der Waals surface area contributed by atoms with Crippen LogP contribution in [0.15, 0.2) is 24.3 Å². The molecule has 0 saturated heterocycles. The van der Waals surface area contributed by atoms with Crippen molar-refractivity contribution in [2.45, 2.75) is 51.6 Å². The lowest BCUT2D eigenvalue weighted by Crippen LogP contribution is -2.39. The molecular weight excluding hydrogens is 220 g/mol. The van der Waals surface area contributed by atoms with Crippen molar-refractivity contribution in [2.24, 2.45) is 5.92 Å². The van der Waals surface area contributed by atoms with Crippen LogP contribution in [0.1, 0.15) is 49.8 Å². The minimum Gasteiger partial charge on any atom is -0.306 e. The molecular formula is C16H22N2. The van der Waals surface area contributed by atoms with Gasteiger partial charge in [-0.05, 0) is 37.8 Å². The second kappa shape index (κ2) is 6.02. The molecule has 1 aliphatic carbocycles. The summed E-state index contributed by atoms with van der Waals surface area (Å²) in [5, 5.41) is 12.9. The first-order valence-corrected chi connectivity index (χ1v) is 6.93. The Labute approximate surface area is 110 Å². The largest absolute Gasteiger partial charge is 0.306 e. The zero-order chi connectivity index (χ0) is 13.0. The van der Waals surface area contributed by atoms with Gasteiger partial charge in [-0.3, -0.25) is 0 Å². The molecule has 2 heteroatoms. The fourth-order valence-electron chi connectivity index (χ4n) is 2.97. The third-order valence-corrected chi connectivity index (χ3v) is 4.05. The topological polar surface area (TPSA) is 35.8 Å². The van der Waals surface area contributed by atoms with Gasteiger partial charge in [-0.1, -0.05) is 37.1 Å². The molecule has 0 aliphatic heterocycles. The lowest BCUT2D eigenvalue weighted by atomic mass is 9.84. The average molecular weight is 242 g/mol. The Morgan fingerprint density at radius 3 is 2.72 bits per heavy atom. The first-order valence-electron chi connectivity index (χ1n) is 6.93. The van der Waals surface area contributed by atoms with Crippen LogP contribution < -0.4 is 5.32 Å². The summed E-state index contributed by atoms with van der Waals surface area (Å²) in [5.41, 5.74) is 2.67. The van der Waals surface area contributed by atoms with Gasteiger partial charge in [0, 0.05) is 12.1 Å². The number of benzene rings is 1. The Kier molecular flexibility index (Phi) is 4.38. The maximum absolute atomic E-state index is 9.21. The average Bonchev–Trinajstić information content (AvgIpc) is 2.39. The Balaban J connectivity index is 2.05. The van der Waals surface area contributed by atoms with E-state index in [4.69, 9.17) is 0 Å². The Hall–Kier alpha value is -1.33. The van der Waals surface area contributed by atoms with Crippen LogP contribution >= 0.6 is 0 Å². The molecule has 2 nitrogen and oxygen atoms in total. The van der Waals surface area contributed by atoms with Crippen LogP contribution in [-0.4, -0.2) is 6.04 Å². The lowest BCUT2D eigenvalue weighted by Gasteiger charge is -2.31. The molecule has 1 fully saturated rings. The maximum Gasteiger partial charge on any atom is 0.0672 e. The first-order chi connectivity index (χ1) is 8.72. The number of hydrogen-bond acceptors (Lipinski definition) is 2. The van der Waals surface area contributed by atoms with E-state index in [2.05, 4.69) is 49.5 Å². The van der Waals surface area contributed by atoms with Crippen molar-refractivity contribution in [2.75, 3.05) is 0 Å². The number of nitriles is 1. The predicted octanol–water partition coefficient (Wildman–Crippen LogP) is 3.73. The molecule has 1 aromatic rings. The monoisotopic (exact) mass is 242 g/mol. The van der Waals surface area contributed by atoms with E-state index in [1.54, 1.807) is 0 Å². The molecule has 1 aliphatic rings. The summed E-state index contributed by atoms with van der Waals surface area (Å²) in [6.07, 6.45) is 4.63. The summed E-state index contributed by atoms with van der Waals surface area (Å²) in [6, 6.07) is 11.6. The molecule has 0 radical (unpaired) electrons. The second-order valence-corrected chi connectivity index (χ2v) is 5.37. The molecule has 2 rings (SSSR count). The SMILES string of the molecule is Cc1ccccc1[C@H](C)NC1CCCCC1C#N. The minimum atomic E-state index is 0.185. The lowest BCUT2D eigenvalue weighted by molar-refractivity contribution is 0.292. The van der Waals surface area contributed by atoms with Crippen LogP contribution in [0.2, 0.25) is 0 Å². The van der Waals surface area contributed by atoms with Crippen LogP contribution in [-0.2, 0) is 0 Å². The Bertz CT molecular complexity index is 433.